The molecule has 16 heavy (non-hydrogen) atoms. The first-order chi connectivity index (χ1) is 7.75. The lowest BCUT2D eigenvalue weighted by Gasteiger charge is -2.04. The topological polar surface area (TPSA) is 20.2 Å². The van der Waals surface area contributed by atoms with Crippen LogP contribution in [-0.4, -0.2) is 5.11 Å². The number of fused-ring (bicyclic) bond motifs is 2. The van der Waals surface area contributed by atoms with Crippen molar-refractivity contribution in [3.63, 3.8) is 0 Å². The zero-order valence-electron chi connectivity index (χ0n) is 8.44. The number of phenolic OH excluding ortho intramolecular Hbond substituents is 1. The van der Waals surface area contributed by atoms with Crippen LogP contribution in [0.3, 0.4) is 0 Å². The Balaban J connectivity index is 2.51. The predicted octanol–water partition coefficient (Wildman–Crippen LogP) is 3.84. The summed E-state index contributed by atoms with van der Waals surface area (Å²) in [5.41, 5.74) is 0. The first-order valence-corrected chi connectivity index (χ1v) is 5.06. The standard InChI is InChI=1S/C14H9FO/c15-13-6-5-11-7-9-3-1-2-4-10(9)8-12(11)14(13)16/h1-8,16H. The molecule has 0 aliphatic heterocycles. The fourth-order valence-corrected chi connectivity index (χ4v) is 1.97. The van der Waals surface area contributed by atoms with E-state index in [4.69, 9.17) is 0 Å². The lowest BCUT2D eigenvalue weighted by atomic mass is 10.0. The van der Waals surface area contributed by atoms with Gasteiger partial charge in [-0.2, -0.15) is 0 Å². The van der Waals surface area contributed by atoms with Crippen LogP contribution in [0, 0.1) is 5.82 Å². The van der Waals surface area contributed by atoms with Gasteiger partial charge in [-0.25, -0.2) is 4.39 Å². The zero-order valence-corrected chi connectivity index (χ0v) is 8.44. The molecule has 3 aromatic rings. The number of hydrogen-bond donors (Lipinski definition) is 1. The van der Waals surface area contributed by atoms with Crippen LogP contribution >= 0.6 is 0 Å². The van der Waals surface area contributed by atoms with Crippen LogP contribution in [0.1, 0.15) is 0 Å². The molecule has 0 saturated heterocycles. The van der Waals surface area contributed by atoms with Crippen LogP contribution in [0.2, 0.25) is 0 Å². The maximum Gasteiger partial charge on any atom is 0.165 e. The van der Waals surface area contributed by atoms with Crippen molar-refractivity contribution >= 4 is 21.5 Å². The van der Waals surface area contributed by atoms with Crippen molar-refractivity contribution in [1.82, 2.24) is 0 Å². The minimum absolute atomic E-state index is 0.275. The van der Waals surface area contributed by atoms with Crippen molar-refractivity contribution in [2.75, 3.05) is 0 Å². The van der Waals surface area contributed by atoms with Gasteiger partial charge >= 0.3 is 0 Å². The predicted molar refractivity (Wildman–Crippen MR) is 63.1 cm³/mol. The van der Waals surface area contributed by atoms with Gasteiger partial charge in [0.15, 0.2) is 11.6 Å². The van der Waals surface area contributed by atoms with Gasteiger partial charge < -0.3 is 5.11 Å². The SMILES string of the molecule is Oc1c(F)ccc2cc3ccccc3cc12. The molecule has 1 nitrogen and oxygen atoms in total. The second-order valence-electron chi connectivity index (χ2n) is 3.82. The van der Waals surface area contributed by atoms with Crippen LogP contribution in [0.4, 0.5) is 4.39 Å². The van der Waals surface area contributed by atoms with Gasteiger partial charge in [-0.3, -0.25) is 0 Å². The highest BCUT2D eigenvalue weighted by Crippen LogP contribution is 2.31. The summed E-state index contributed by atoms with van der Waals surface area (Å²) in [6, 6.07) is 14.5. The van der Waals surface area contributed by atoms with Crippen LogP contribution in [0.15, 0.2) is 48.5 Å². The highest BCUT2D eigenvalue weighted by molar-refractivity contribution is 6.00. The number of rotatable bonds is 0. The summed E-state index contributed by atoms with van der Waals surface area (Å²) in [4.78, 5) is 0. The van der Waals surface area contributed by atoms with Gasteiger partial charge in [0.05, 0.1) is 0 Å². The summed E-state index contributed by atoms with van der Waals surface area (Å²) in [5.74, 6) is -0.856. The Bertz CT molecular complexity index is 689. The van der Waals surface area contributed by atoms with Gasteiger partial charge in [-0.1, -0.05) is 30.3 Å². The Kier molecular flexibility index (Phi) is 1.83. The highest BCUT2D eigenvalue weighted by Gasteiger charge is 2.06. The molecular weight excluding hydrogens is 203 g/mol. The normalized spacial score (nSPS) is 11.1. The highest BCUT2D eigenvalue weighted by atomic mass is 19.1. The van der Waals surface area contributed by atoms with E-state index in [1.807, 2.05) is 36.4 Å². The zero-order chi connectivity index (χ0) is 11.1. The van der Waals surface area contributed by atoms with Crippen LogP contribution in [-0.2, 0) is 0 Å². The molecule has 0 heterocycles. The van der Waals surface area contributed by atoms with Crippen molar-refractivity contribution in [1.29, 1.82) is 0 Å². The van der Waals surface area contributed by atoms with Crippen molar-refractivity contribution in [2.45, 2.75) is 0 Å². The van der Waals surface area contributed by atoms with Crippen molar-refractivity contribution < 1.29 is 9.50 Å². The average Bonchev–Trinajstić information content (AvgIpc) is 2.32. The molecule has 0 spiro atoms. The summed E-state index contributed by atoms with van der Waals surface area (Å²) >= 11 is 0. The first kappa shape index (κ1) is 9.16. The largest absolute Gasteiger partial charge is 0.504 e. The Labute approximate surface area is 91.8 Å². The van der Waals surface area contributed by atoms with E-state index in [2.05, 4.69) is 0 Å². The van der Waals surface area contributed by atoms with E-state index >= 15 is 0 Å². The second-order valence-corrected chi connectivity index (χ2v) is 3.82. The summed E-state index contributed by atoms with van der Waals surface area (Å²) in [7, 11) is 0. The van der Waals surface area contributed by atoms with Gasteiger partial charge in [-0.05, 0) is 34.4 Å². The molecule has 0 amide bonds. The number of hydrogen-bond acceptors (Lipinski definition) is 1. The Morgan fingerprint density at radius 3 is 2.25 bits per heavy atom. The van der Waals surface area contributed by atoms with E-state index < -0.39 is 5.82 Å². The molecule has 3 aromatic carbocycles. The molecule has 3 rings (SSSR count). The summed E-state index contributed by atoms with van der Waals surface area (Å²) < 4.78 is 13.2. The third kappa shape index (κ3) is 1.23. The molecule has 0 aliphatic rings. The third-order valence-electron chi connectivity index (χ3n) is 2.81. The van der Waals surface area contributed by atoms with E-state index in [0.29, 0.717) is 5.39 Å². The number of aromatic hydroxyl groups is 1. The van der Waals surface area contributed by atoms with Gasteiger partial charge in [0.2, 0.25) is 0 Å². The van der Waals surface area contributed by atoms with E-state index in [1.54, 1.807) is 6.07 Å². The third-order valence-corrected chi connectivity index (χ3v) is 2.81. The lowest BCUT2D eigenvalue weighted by Crippen LogP contribution is -1.80. The molecule has 0 fully saturated rings. The summed E-state index contributed by atoms with van der Waals surface area (Å²) in [6.07, 6.45) is 0. The van der Waals surface area contributed by atoms with E-state index in [9.17, 15) is 9.50 Å². The van der Waals surface area contributed by atoms with E-state index in [-0.39, 0.29) is 5.75 Å². The quantitative estimate of drug-likeness (QED) is 0.561. The van der Waals surface area contributed by atoms with Crippen molar-refractivity contribution in [3.8, 4) is 5.75 Å². The summed E-state index contributed by atoms with van der Waals surface area (Å²) in [5, 5.41) is 13.1. The fourth-order valence-electron chi connectivity index (χ4n) is 1.97. The lowest BCUT2D eigenvalue weighted by molar-refractivity contribution is 0.439. The fraction of sp³-hybridized carbons (Fsp3) is 0. The van der Waals surface area contributed by atoms with Gasteiger partial charge in [0.1, 0.15) is 0 Å². The number of halogens is 1. The smallest absolute Gasteiger partial charge is 0.165 e. The molecule has 0 radical (unpaired) electrons. The van der Waals surface area contributed by atoms with Crippen LogP contribution in [0.5, 0.6) is 5.75 Å². The molecule has 0 atom stereocenters. The monoisotopic (exact) mass is 212 g/mol. The van der Waals surface area contributed by atoms with Gasteiger partial charge in [0.25, 0.3) is 0 Å². The molecule has 1 N–H and O–H groups in total. The van der Waals surface area contributed by atoms with E-state index in [0.717, 1.165) is 16.2 Å². The Hall–Kier alpha value is -2.09. The first-order valence-electron chi connectivity index (χ1n) is 5.06. The van der Waals surface area contributed by atoms with Crippen molar-refractivity contribution in [3.05, 3.63) is 54.3 Å². The molecule has 0 saturated carbocycles. The molecule has 0 aromatic heterocycles. The second kappa shape index (κ2) is 3.20. The molecule has 78 valence electrons. The maximum atomic E-state index is 13.2. The summed E-state index contributed by atoms with van der Waals surface area (Å²) in [6.45, 7) is 0. The maximum absolute atomic E-state index is 13.2. The molecular formula is C14H9FO. The van der Waals surface area contributed by atoms with E-state index in [1.165, 1.54) is 6.07 Å². The van der Waals surface area contributed by atoms with Crippen molar-refractivity contribution in [2.24, 2.45) is 0 Å². The van der Waals surface area contributed by atoms with Gasteiger partial charge in [-0.15, -0.1) is 0 Å². The number of benzene rings is 3. The minimum atomic E-state index is -0.581. The number of phenols is 1. The molecule has 0 unspecified atom stereocenters. The molecule has 0 aliphatic carbocycles. The Morgan fingerprint density at radius 2 is 1.50 bits per heavy atom. The van der Waals surface area contributed by atoms with Crippen LogP contribution in [0.25, 0.3) is 21.5 Å². The van der Waals surface area contributed by atoms with Gasteiger partial charge in [0, 0.05) is 5.39 Å². The average molecular weight is 212 g/mol. The Morgan fingerprint density at radius 1 is 0.812 bits per heavy atom. The van der Waals surface area contributed by atoms with Crippen LogP contribution < -0.4 is 0 Å². The minimum Gasteiger partial charge on any atom is -0.504 e. The molecule has 0 bridgehead atoms. The molecule has 2 heteroatoms.